The summed E-state index contributed by atoms with van der Waals surface area (Å²) < 4.78 is 32.4. The number of hydrogen-bond donors (Lipinski definition) is 1. The topological polar surface area (TPSA) is 75.7 Å². The lowest BCUT2D eigenvalue weighted by atomic mass is 9.90. The molecule has 2 aromatic carbocycles. The molecule has 0 saturated heterocycles. The Bertz CT molecular complexity index is 927. The van der Waals surface area contributed by atoms with Crippen LogP contribution in [0.1, 0.15) is 29.0 Å². The van der Waals surface area contributed by atoms with Gasteiger partial charge >= 0.3 is 0 Å². The summed E-state index contributed by atoms with van der Waals surface area (Å²) >= 11 is 0. The average Bonchev–Trinajstić information content (AvgIpc) is 2.62. The fraction of sp³-hybridized carbons (Fsp3) is 0.350. The van der Waals surface area contributed by atoms with Gasteiger partial charge in [0, 0.05) is 26.4 Å². The van der Waals surface area contributed by atoms with Gasteiger partial charge in [0.25, 0.3) is 0 Å². The molecule has 1 aliphatic rings. The van der Waals surface area contributed by atoms with Crippen LogP contribution in [0.3, 0.4) is 0 Å². The number of rotatable bonds is 6. The summed E-state index contributed by atoms with van der Waals surface area (Å²) in [4.78, 5) is 14.8. The number of nitrogens with zero attached hydrogens (tertiary/aromatic N) is 1. The normalized spacial score (nSPS) is 16.7. The van der Waals surface area contributed by atoms with Gasteiger partial charge in [-0.25, -0.2) is 8.42 Å². The lowest BCUT2D eigenvalue weighted by Gasteiger charge is -2.32. The van der Waals surface area contributed by atoms with Crippen LogP contribution in [0.25, 0.3) is 0 Å². The third kappa shape index (κ3) is 4.67. The smallest absolute Gasteiger partial charge is 0.241 e. The first-order valence-electron chi connectivity index (χ1n) is 8.81. The molecule has 0 bridgehead atoms. The van der Waals surface area contributed by atoms with E-state index < -0.39 is 21.8 Å². The molecule has 0 aromatic heterocycles. The van der Waals surface area contributed by atoms with Gasteiger partial charge in [-0.1, -0.05) is 42.5 Å². The van der Waals surface area contributed by atoms with E-state index in [4.69, 9.17) is 4.74 Å². The SMILES string of the molecule is COCc1cccc(CS(=O)(=O)NC(=O)C2CCN(C)c3ccccc32)c1. The maximum atomic E-state index is 12.7. The van der Waals surface area contributed by atoms with E-state index in [2.05, 4.69) is 9.62 Å². The molecule has 1 aliphatic heterocycles. The van der Waals surface area contributed by atoms with E-state index in [9.17, 15) is 13.2 Å². The number of ether oxygens (including phenoxy) is 1. The first kappa shape index (κ1) is 19.4. The Balaban J connectivity index is 1.74. The monoisotopic (exact) mass is 388 g/mol. The number of amides is 1. The summed E-state index contributed by atoms with van der Waals surface area (Å²) in [6.07, 6.45) is 0.582. The predicted octanol–water partition coefficient (Wildman–Crippen LogP) is 2.40. The molecule has 0 saturated carbocycles. The number of para-hydroxylation sites is 1. The number of benzene rings is 2. The number of methoxy groups -OCH3 is 1. The molecule has 1 atom stereocenters. The average molecular weight is 388 g/mol. The van der Waals surface area contributed by atoms with E-state index >= 15 is 0 Å². The highest BCUT2D eigenvalue weighted by molar-refractivity contribution is 7.89. The summed E-state index contributed by atoms with van der Waals surface area (Å²) in [5.74, 6) is -1.18. The lowest BCUT2D eigenvalue weighted by Crippen LogP contribution is -2.39. The molecule has 0 radical (unpaired) electrons. The van der Waals surface area contributed by atoms with Gasteiger partial charge in [0.2, 0.25) is 15.9 Å². The number of anilines is 1. The van der Waals surface area contributed by atoms with Crippen LogP contribution >= 0.6 is 0 Å². The van der Waals surface area contributed by atoms with Crippen LogP contribution in [0.4, 0.5) is 5.69 Å². The fourth-order valence-electron chi connectivity index (χ4n) is 3.46. The highest BCUT2D eigenvalue weighted by Crippen LogP contribution is 2.34. The molecule has 1 unspecified atom stereocenters. The van der Waals surface area contributed by atoms with Crippen molar-refractivity contribution < 1.29 is 17.9 Å². The third-order valence-electron chi connectivity index (χ3n) is 4.71. The van der Waals surface area contributed by atoms with E-state index in [1.165, 1.54) is 0 Å². The van der Waals surface area contributed by atoms with Crippen LogP contribution in [-0.2, 0) is 31.9 Å². The Labute approximate surface area is 160 Å². The predicted molar refractivity (Wildman–Crippen MR) is 105 cm³/mol. The van der Waals surface area contributed by atoms with Crippen LogP contribution in [-0.4, -0.2) is 35.0 Å². The molecule has 27 heavy (non-hydrogen) atoms. The summed E-state index contributed by atoms with van der Waals surface area (Å²) in [6.45, 7) is 1.11. The lowest BCUT2D eigenvalue weighted by molar-refractivity contribution is -0.120. The highest BCUT2D eigenvalue weighted by Gasteiger charge is 2.30. The maximum Gasteiger partial charge on any atom is 0.241 e. The van der Waals surface area contributed by atoms with Gasteiger partial charge in [0.05, 0.1) is 18.3 Å². The van der Waals surface area contributed by atoms with Crippen LogP contribution < -0.4 is 9.62 Å². The van der Waals surface area contributed by atoms with Crippen LogP contribution in [0.5, 0.6) is 0 Å². The molecular formula is C20H24N2O4S. The Morgan fingerprint density at radius 1 is 1.19 bits per heavy atom. The van der Waals surface area contributed by atoms with Crippen LogP contribution in [0, 0.1) is 0 Å². The van der Waals surface area contributed by atoms with Gasteiger partial charge in [0.1, 0.15) is 0 Å². The molecule has 1 amide bonds. The first-order valence-corrected chi connectivity index (χ1v) is 10.5. The third-order valence-corrected chi connectivity index (χ3v) is 5.93. The van der Waals surface area contributed by atoms with Crippen molar-refractivity contribution in [2.75, 3.05) is 25.6 Å². The molecule has 144 valence electrons. The molecular weight excluding hydrogens is 364 g/mol. The second-order valence-corrected chi connectivity index (χ2v) is 8.52. The van der Waals surface area contributed by atoms with Crippen LogP contribution in [0.15, 0.2) is 48.5 Å². The molecule has 0 spiro atoms. The zero-order valence-corrected chi connectivity index (χ0v) is 16.3. The van der Waals surface area contributed by atoms with Crippen LogP contribution in [0.2, 0.25) is 0 Å². The molecule has 0 fully saturated rings. The molecule has 6 nitrogen and oxygen atoms in total. The largest absolute Gasteiger partial charge is 0.380 e. The molecule has 7 heteroatoms. The summed E-state index contributed by atoms with van der Waals surface area (Å²) in [5, 5.41) is 0. The van der Waals surface area contributed by atoms with Crippen molar-refractivity contribution in [3.63, 3.8) is 0 Å². The Morgan fingerprint density at radius 3 is 2.70 bits per heavy atom. The van der Waals surface area contributed by atoms with E-state index in [1.807, 2.05) is 37.4 Å². The summed E-state index contributed by atoms with van der Waals surface area (Å²) in [7, 11) is -0.230. The minimum Gasteiger partial charge on any atom is -0.380 e. The standard InChI is InChI=1S/C20H24N2O4S/c1-22-11-10-18(17-8-3-4-9-19(17)22)20(23)21-27(24,25)14-16-7-5-6-15(12-16)13-26-2/h3-9,12,18H,10-11,13-14H2,1-2H3,(H,21,23). The number of carbonyl (C=O) groups is 1. The number of carbonyl (C=O) groups excluding carboxylic acids is 1. The van der Waals surface area contributed by atoms with Crippen molar-refractivity contribution in [1.82, 2.24) is 4.72 Å². The maximum absolute atomic E-state index is 12.7. The molecule has 2 aromatic rings. The van der Waals surface area contributed by atoms with E-state index in [-0.39, 0.29) is 5.75 Å². The molecule has 1 heterocycles. The van der Waals surface area contributed by atoms with Gasteiger partial charge < -0.3 is 9.64 Å². The number of sulfonamides is 1. The fourth-order valence-corrected chi connectivity index (χ4v) is 4.60. The van der Waals surface area contributed by atoms with Crippen molar-refractivity contribution in [3.05, 3.63) is 65.2 Å². The van der Waals surface area contributed by atoms with Crippen molar-refractivity contribution in [3.8, 4) is 0 Å². The number of fused-ring (bicyclic) bond motifs is 1. The van der Waals surface area contributed by atoms with Gasteiger partial charge in [-0.2, -0.15) is 0 Å². The van der Waals surface area contributed by atoms with Crippen molar-refractivity contribution >= 4 is 21.6 Å². The molecule has 0 aliphatic carbocycles. The van der Waals surface area contributed by atoms with Crippen molar-refractivity contribution in [2.24, 2.45) is 0 Å². The van der Waals surface area contributed by atoms with Crippen molar-refractivity contribution in [1.29, 1.82) is 0 Å². The van der Waals surface area contributed by atoms with Gasteiger partial charge in [0.15, 0.2) is 0 Å². The highest BCUT2D eigenvalue weighted by atomic mass is 32.2. The summed E-state index contributed by atoms with van der Waals surface area (Å²) in [6, 6.07) is 14.8. The van der Waals surface area contributed by atoms with E-state index in [0.29, 0.717) is 25.1 Å². The zero-order valence-electron chi connectivity index (χ0n) is 15.5. The van der Waals surface area contributed by atoms with Crippen molar-refractivity contribution in [2.45, 2.75) is 24.7 Å². The number of hydrogen-bond acceptors (Lipinski definition) is 5. The minimum absolute atomic E-state index is 0.245. The number of nitrogens with one attached hydrogen (secondary N) is 1. The Hall–Kier alpha value is -2.38. The van der Waals surface area contributed by atoms with E-state index in [0.717, 1.165) is 16.8 Å². The second kappa shape index (κ2) is 8.10. The molecule has 3 rings (SSSR count). The first-order chi connectivity index (χ1) is 12.9. The Morgan fingerprint density at radius 2 is 1.93 bits per heavy atom. The quantitative estimate of drug-likeness (QED) is 0.822. The summed E-state index contributed by atoms with van der Waals surface area (Å²) in [5.41, 5.74) is 3.34. The van der Waals surface area contributed by atoms with Gasteiger partial charge in [-0.3, -0.25) is 9.52 Å². The minimum atomic E-state index is -3.78. The second-order valence-electron chi connectivity index (χ2n) is 6.80. The van der Waals surface area contributed by atoms with E-state index in [1.54, 1.807) is 25.3 Å². The van der Waals surface area contributed by atoms with Gasteiger partial charge in [-0.15, -0.1) is 0 Å². The molecule has 1 N–H and O–H groups in total. The van der Waals surface area contributed by atoms with Gasteiger partial charge in [-0.05, 0) is 29.2 Å². The Kier molecular flexibility index (Phi) is 5.82. The zero-order chi connectivity index (χ0) is 19.4.